The van der Waals surface area contributed by atoms with Crippen LogP contribution in [0.1, 0.15) is 49.4 Å². The Bertz CT molecular complexity index is 1210. The molecule has 0 amide bonds. The molecule has 4 heterocycles. The highest BCUT2D eigenvalue weighted by Crippen LogP contribution is 2.43. The number of aliphatic hydroxyl groups is 1. The molecule has 0 radical (unpaired) electrons. The largest absolute Gasteiger partial charge is 0.458 e. The van der Waals surface area contributed by atoms with E-state index in [1.54, 1.807) is 17.6 Å². The van der Waals surface area contributed by atoms with Gasteiger partial charge in [-0.2, -0.15) is 0 Å². The molecule has 2 aliphatic rings. The molecule has 5 rings (SSSR count). The van der Waals surface area contributed by atoms with Crippen molar-refractivity contribution >= 4 is 16.9 Å². The molecule has 1 unspecified atom stereocenters. The molecule has 2 aliphatic heterocycles. The van der Waals surface area contributed by atoms with Crippen LogP contribution in [0.15, 0.2) is 41.2 Å². The number of benzene rings is 1. The Morgan fingerprint density at radius 2 is 2.04 bits per heavy atom. The van der Waals surface area contributed by atoms with Gasteiger partial charge >= 0.3 is 5.97 Å². The van der Waals surface area contributed by atoms with E-state index in [-0.39, 0.29) is 24.6 Å². The van der Waals surface area contributed by atoms with Gasteiger partial charge in [-0.25, -0.2) is 9.78 Å². The second-order valence-corrected chi connectivity index (χ2v) is 7.43. The third-order valence-electron chi connectivity index (χ3n) is 6.04. The fraction of sp³-hybridized carbons (Fsp3) is 0.318. The predicted octanol–water partition coefficient (Wildman–Crippen LogP) is 3.03. The maximum absolute atomic E-state index is 13.4. The first-order chi connectivity index (χ1) is 13.5. The number of ether oxygens (including phenoxy) is 1. The number of para-hydroxylation sites is 1. The number of pyridine rings is 2. The summed E-state index contributed by atoms with van der Waals surface area (Å²) in [5.41, 5.74) is 1.90. The van der Waals surface area contributed by atoms with Gasteiger partial charge in [-0.15, -0.1) is 0 Å². The van der Waals surface area contributed by atoms with Gasteiger partial charge in [-0.05, 0) is 31.0 Å². The normalized spacial score (nSPS) is 22.5. The number of cyclic esters (lactones) is 1. The minimum Gasteiger partial charge on any atom is -0.458 e. The molecule has 28 heavy (non-hydrogen) atoms. The van der Waals surface area contributed by atoms with Crippen LogP contribution in [0, 0.1) is 0 Å². The lowest BCUT2D eigenvalue weighted by Crippen LogP contribution is -2.44. The second-order valence-electron chi connectivity index (χ2n) is 7.43. The fourth-order valence-electron chi connectivity index (χ4n) is 4.50. The summed E-state index contributed by atoms with van der Waals surface area (Å²) in [7, 11) is 0. The van der Waals surface area contributed by atoms with Gasteiger partial charge < -0.3 is 9.84 Å². The molecule has 1 aromatic carbocycles. The SMILES string of the molecule is CCC1c2cc3ccccc3nc2-c2cc3c(c(=O)n21)COC(=O)[C@]3(O)CC. The maximum Gasteiger partial charge on any atom is 0.343 e. The van der Waals surface area contributed by atoms with Crippen LogP contribution < -0.4 is 5.56 Å². The third kappa shape index (κ3) is 2.04. The van der Waals surface area contributed by atoms with E-state index in [0.717, 1.165) is 28.6 Å². The van der Waals surface area contributed by atoms with E-state index in [1.807, 2.05) is 31.2 Å². The van der Waals surface area contributed by atoms with Crippen LogP contribution in [0.2, 0.25) is 0 Å². The van der Waals surface area contributed by atoms with Crippen LogP contribution in [0.5, 0.6) is 0 Å². The predicted molar refractivity (Wildman–Crippen MR) is 104 cm³/mol. The molecule has 0 bridgehead atoms. The summed E-state index contributed by atoms with van der Waals surface area (Å²) < 4.78 is 6.88. The highest BCUT2D eigenvalue weighted by atomic mass is 16.6. The molecule has 0 spiro atoms. The summed E-state index contributed by atoms with van der Waals surface area (Å²) >= 11 is 0. The number of rotatable bonds is 2. The molecular weight excluding hydrogens is 356 g/mol. The molecule has 2 atom stereocenters. The quantitative estimate of drug-likeness (QED) is 0.695. The molecular formula is C22H20N2O4. The Kier molecular flexibility index (Phi) is 3.52. The van der Waals surface area contributed by atoms with Crippen molar-refractivity contribution in [3.05, 3.63) is 63.4 Å². The van der Waals surface area contributed by atoms with Crippen LogP contribution in [-0.4, -0.2) is 20.6 Å². The number of fused-ring (bicyclic) bond motifs is 5. The van der Waals surface area contributed by atoms with Gasteiger partial charge in [0.2, 0.25) is 0 Å². The summed E-state index contributed by atoms with van der Waals surface area (Å²) in [4.78, 5) is 30.5. The summed E-state index contributed by atoms with van der Waals surface area (Å²) in [6.45, 7) is 3.63. The van der Waals surface area contributed by atoms with E-state index >= 15 is 0 Å². The molecule has 6 nitrogen and oxygen atoms in total. The monoisotopic (exact) mass is 376 g/mol. The molecule has 0 fully saturated rings. The molecule has 1 N–H and O–H groups in total. The van der Waals surface area contributed by atoms with Gasteiger partial charge in [-0.3, -0.25) is 9.36 Å². The minimum absolute atomic E-state index is 0.113. The van der Waals surface area contributed by atoms with Gasteiger partial charge in [0.1, 0.15) is 6.61 Å². The van der Waals surface area contributed by atoms with Gasteiger partial charge in [0.05, 0.1) is 28.5 Å². The number of esters is 1. The van der Waals surface area contributed by atoms with Crippen molar-refractivity contribution in [1.29, 1.82) is 0 Å². The van der Waals surface area contributed by atoms with Crippen molar-refractivity contribution < 1.29 is 14.6 Å². The van der Waals surface area contributed by atoms with E-state index in [2.05, 4.69) is 6.07 Å². The summed E-state index contributed by atoms with van der Waals surface area (Å²) in [6, 6.07) is 11.6. The average Bonchev–Trinajstić information content (AvgIpc) is 3.02. The summed E-state index contributed by atoms with van der Waals surface area (Å²) in [5.74, 6) is -0.705. The lowest BCUT2D eigenvalue weighted by atomic mass is 9.86. The Balaban J connectivity index is 1.86. The fourth-order valence-corrected chi connectivity index (χ4v) is 4.50. The van der Waals surface area contributed by atoms with Crippen molar-refractivity contribution in [1.82, 2.24) is 9.55 Å². The van der Waals surface area contributed by atoms with Gasteiger partial charge in [0, 0.05) is 16.5 Å². The van der Waals surface area contributed by atoms with E-state index in [1.165, 1.54) is 0 Å². The average molecular weight is 376 g/mol. The van der Waals surface area contributed by atoms with E-state index in [0.29, 0.717) is 16.8 Å². The topological polar surface area (TPSA) is 81.4 Å². The third-order valence-corrected chi connectivity index (χ3v) is 6.04. The Morgan fingerprint density at radius 3 is 2.79 bits per heavy atom. The number of hydrogen-bond acceptors (Lipinski definition) is 5. The minimum atomic E-state index is -1.80. The summed E-state index contributed by atoms with van der Waals surface area (Å²) in [5, 5.41) is 12.0. The van der Waals surface area contributed by atoms with E-state index in [9.17, 15) is 14.7 Å². The first-order valence-electron chi connectivity index (χ1n) is 9.58. The molecule has 3 aromatic rings. The number of aromatic nitrogens is 2. The highest BCUT2D eigenvalue weighted by Gasteiger charge is 2.46. The highest BCUT2D eigenvalue weighted by molar-refractivity contribution is 5.86. The summed E-state index contributed by atoms with van der Waals surface area (Å²) in [6.07, 6.45) is 0.869. The lowest BCUT2D eigenvalue weighted by Gasteiger charge is -2.32. The zero-order chi connectivity index (χ0) is 19.6. The Morgan fingerprint density at radius 1 is 1.25 bits per heavy atom. The number of carbonyl (C=O) groups excluding carboxylic acids is 1. The van der Waals surface area contributed by atoms with Gasteiger partial charge in [0.15, 0.2) is 5.60 Å². The Hall–Kier alpha value is -2.99. The van der Waals surface area contributed by atoms with Crippen molar-refractivity contribution in [3.63, 3.8) is 0 Å². The lowest BCUT2D eigenvalue weighted by molar-refractivity contribution is -0.172. The van der Waals surface area contributed by atoms with Crippen molar-refractivity contribution in [2.75, 3.05) is 0 Å². The first kappa shape index (κ1) is 17.1. The van der Waals surface area contributed by atoms with Crippen molar-refractivity contribution in [3.8, 4) is 11.4 Å². The van der Waals surface area contributed by atoms with E-state index in [4.69, 9.17) is 9.72 Å². The maximum atomic E-state index is 13.4. The van der Waals surface area contributed by atoms with Crippen LogP contribution in [-0.2, 0) is 21.7 Å². The van der Waals surface area contributed by atoms with Crippen LogP contribution in [0.4, 0.5) is 0 Å². The van der Waals surface area contributed by atoms with Gasteiger partial charge in [0.25, 0.3) is 5.56 Å². The van der Waals surface area contributed by atoms with Gasteiger partial charge in [-0.1, -0.05) is 32.0 Å². The number of nitrogens with zero attached hydrogens (tertiary/aromatic N) is 2. The Labute approximate surface area is 161 Å². The molecule has 0 saturated carbocycles. The second kappa shape index (κ2) is 5.75. The first-order valence-corrected chi connectivity index (χ1v) is 9.58. The van der Waals surface area contributed by atoms with Crippen molar-refractivity contribution in [2.45, 2.75) is 44.9 Å². The number of hydrogen-bond donors (Lipinski definition) is 1. The van der Waals surface area contributed by atoms with E-state index < -0.39 is 11.6 Å². The van der Waals surface area contributed by atoms with Crippen LogP contribution in [0.25, 0.3) is 22.3 Å². The van der Waals surface area contributed by atoms with Crippen molar-refractivity contribution in [2.24, 2.45) is 0 Å². The zero-order valence-electron chi connectivity index (χ0n) is 15.7. The van der Waals surface area contributed by atoms with Crippen LogP contribution in [0.3, 0.4) is 0 Å². The molecule has 0 saturated heterocycles. The smallest absolute Gasteiger partial charge is 0.343 e. The molecule has 142 valence electrons. The molecule has 6 heteroatoms. The zero-order valence-corrected chi connectivity index (χ0v) is 15.7. The molecule has 0 aliphatic carbocycles. The molecule has 2 aromatic heterocycles. The van der Waals surface area contributed by atoms with Crippen LogP contribution >= 0.6 is 0 Å². The number of carbonyl (C=O) groups is 1. The standard InChI is InChI=1S/C22H20N2O4/c1-3-17-13-9-12-7-5-6-8-16(12)23-19(13)18-10-15-14(20(25)24(17)18)11-28-21(26)22(15,27)4-2/h5-10,17,27H,3-4,11H2,1-2H3/t17?,22-/m0/s1.